The Balaban J connectivity index is 1.35. The number of ether oxygens (including phenoxy) is 2. The van der Waals surface area contributed by atoms with E-state index in [4.69, 9.17) is 14.5 Å². The minimum atomic E-state index is -0.510. The Labute approximate surface area is 213 Å². The van der Waals surface area contributed by atoms with Crippen LogP contribution in [-0.2, 0) is 4.74 Å². The zero-order chi connectivity index (χ0) is 25.0. The lowest BCUT2D eigenvalue weighted by Crippen LogP contribution is -2.60. The summed E-state index contributed by atoms with van der Waals surface area (Å²) in [6.45, 7) is 10.0. The van der Waals surface area contributed by atoms with E-state index < -0.39 is 5.60 Å². The maximum Gasteiger partial charge on any atom is 0.410 e. The first-order valence-electron chi connectivity index (χ1n) is 12.2. The van der Waals surface area contributed by atoms with Gasteiger partial charge in [0.15, 0.2) is 0 Å². The SMILES string of the molecule is CN1CCC[C@H]1COc1nc(N2CCC3(CN(C(=O)OC(C)(C)C)C3)C2)c2cc(F)c(Br)cc2n1. The third-order valence-electron chi connectivity index (χ3n) is 7.22. The number of rotatable bonds is 4. The van der Waals surface area contributed by atoms with E-state index in [0.717, 1.165) is 38.9 Å². The van der Waals surface area contributed by atoms with Crippen LogP contribution in [0.4, 0.5) is 15.0 Å². The normalized spacial score (nSPS) is 22.2. The molecule has 8 nitrogen and oxygen atoms in total. The Morgan fingerprint density at radius 3 is 2.69 bits per heavy atom. The van der Waals surface area contributed by atoms with Crippen LogP contribution in [0.5, 0.6) is 6.01 Å². The molecule has 0 unspecified atom stereocenters. The fraction of sp³-hybridized carbons (Fsp3) is 0.640. The zero-order valence-corrected chi connectivity index (χ0v) is 22.4. The Hall–Kier alpha value is -2.20. The van der Waals surface area contributed by atoms with Crippen LogP contribution in [0.15, 0.2) is 16.6 Å². The minimum absolute atomic E-state index is 0.00430. The number of likely N-dealkylation sites (N-methyl/N-ethyl adjacent to an activating group) is 1. The minimum Gasteiger partial charge on any atom is -0.462 e. The number of halogens is 2. The quantitative estimate of drug-likeness (QED) is 0.557. The molecule has 0 radical (unpaired) electrons. The molecule has 3 fully saturated rings. The fourth-order valence-electron chi connectivity index (χ4n) is 5.35. The monoisotopic (exact) mass is 549 g/mol. The van der Waals surface area contributed by atoms with Gasteiger partial charge in [-0.1, -0.05) is 0 Å². The van der Waals surface area contributed by atoms with Gasteiger partial charge in [-0.2, -0.15) is 9.97 Å². The summed E-state index contributed by atoms with van der Waals surface area (Å²) >= 11 is 3.28. The molecule has 0 aliphatic carbocycles. The number of aromatic nitrogens is 2. The molecule has 10 heteroatoms. The topological polar surface area (TPSA) is 71.0 Å². The summed E-state index contributed by atoms with van der Waals surface area (Å²) in [6.07, 6.45) is 2.92. The molecule has 0 N–H and O–H groups in total. The summed E-state index contributed by atoms with van der Waals surface area (Å²) in [7, 11) is 2.11. The summed E-state index contributed by atoms with van der Waals surface area (Å²) in [4.78, 5) is 28.0. The fourth-order valence-corrected chi connectivity index (χ4v) is 5.68. The molecule has 35 heavy (non-hydrogen) atoms. The number of benzene rings is 1. The van der Waals surface area contributed by atoms with Gasteiger partial charge in [-0.25, -0.2) is 9.18 Å². The van der Waals surface area contributed by atoms with Crippen molar-refractivity contribution < 1.29 is 18.7 Å². The molecule has 1 atom stereocenters. The van der Waals surface area contributed by atoms with Crippen molar-refractivity contribution in [1.82, 2.24) is 19.8 Å². The van der Waals surface area contributed by atoms with Gasteiger partial charge in [0.25, 0.3) is 0 Å². The van der Waals surface area contributed by atoms with E-state index in [0.29, 0.717) is 52.9 Å². The van der Waals surface area contributed by atoms with E-state index in [1.807, 2.05) is 20.8 Å². The number of anilines is 1. The van der Waals surface area contributed by atoms with E-state index in [2.05, 4.69) is 37.8 Å². The van der Waals surface area contributed by atoms with Gasteiger partial charge in [0.2, 0.25) is 0 Å². The highest BCUT2D eigenvalue weighted by Gasteiger charge is 2.50. The molecule has 1 spiro atoms. The van der Waals surface area contributed by atoms with Crippen LogP contribution in [0.2, 0.25) is 0 Å². The second kappa shape index (κ2) is 9.03. The van der Waals surface area contributed by atoms with E-state index in [9.17, 15) is 9.18 Å². The maximum absolute atomic E-state index is 14.5. The van der Waals surface area contributed by atoms with Crippen LogP contribution < -0.4 is 9.64 Å². The molecule has 3 aliphatic rings. The third-order valence-corrected chi connectivity index (χ3v) is 7.82. The summed E-state index contributed by atoms with van der Waals surface area (Å²) in [5, 5.41) is 0.663. The molecule has 0 saturated carbocycles. The van der Waals surface area contributed by atoms with E-state index in [1.54, 1.807) is 11.0 Å². The van der Waals surface area contributed by atoms with Crippen LogP contribution in [0.25, 0.3) is 10.9 Å². The molecule has 0 bridgehead atoms. The van der Waals surface area contributed by atoms with Gasteiger partial charge >= 0.3 is 12.1 Å². The molecular formula is C25H33BrFN5O3. The van der Waals surface area contributed by atoms with Crippen molar-refractivity contribution in [2.75, 3.05) is 51.3 Å². The molecule has 2 aromatic rings. The Bertz CT molecular complexity index is 1130. The van der Waals surface area contributed by atoms with Crippen molar-refractivity contribution in [2.45, 2.75) is 51.7 Å². The molecule has 5 rings (SSSR count). The van der Waals surface area contributed by atoms with Gasteiger partial charge in [0.05, 0.1) is 9.99 Å². The molecule has 3 saturated heterocycles. The number of fused-ring (bicyclic) bond motifs is 1. The van der Waals surface area contributed by atoms with Crippen molar-refractivity contribution >= 4 is 38.7 Å². The van der Waals surface area contributed by atoms with Gasteiger partial charge in [-0.3, -0.25) is 0 Å². The lowest BCUT2D eigenvalue weighted by molar-refractivity contribution is -0.0266. The Morgan fingerprint density at radius 1 is 1.23 bits per heavy atom. The summed E-state index contributed by atoms with van der Waals surface area (Å²) < 4.78 is 26.4. The number of likely N-dealkylation sites (tertiary alicyclic amines) is 2. The average Bonchev–Trinajstić information content (AvgIpc) is 3.37. The van der Waals surface area contributed by atoms with Gasteiger partial charge in [-0.15, -0.1) is 0 Å². The van der Waals surface area contributed by atoms with Gasteiger partial charge < -0.3 is 24.2 Å². The van der Waals surface area contributed by atoms with Crippen LogP contribution in [0.3, 0.4) is 0 Å². The Morgan fingerprint density at radius 2 is 2.00 bits per heavy atom. The van der Waals surface area contributed by atoms with Gasteiger partial charge in [0, 0.05) is 43.0 Å². The Kier molecular flexibility index (Phi) is 6.32. The van der Waals surface area contributed by atoms with Gasteiger partial charge in [-0.05, 0) is 81.7 Å². The first-order chi connectivity index (χ1) is 16.5. The first-order valence-corrected chi connectivity index (χ1v) is 13.0. The number of carbonyl (C=O) groups is 1. The van der Waals surface area contributed by atoms with Crippen molar-refractivity contribution in [3.63, 3.8) is 0 Å². The molecular weight excluding hydrogens is 517 g/mol. The lowest BCUT2D eigenvalue weighted by Gasteiger charge is -2.47. The molecule has 190 valence electrons. The standard InChI is InChI=1S/C25H33BrFN5O3/c1-24(2,3)35-23(33)32-14-25(15-32)7-9-31(13-25)21-17-10-19(27)18(26)11-20(17)28-22(29-21)34-12-16-6-5-8-30(16)4/h10-11,16H,5-9,12-15H2,1-4H3/t16-/m0/s1. The van der Waals surface area contributed by atoms with Crippen molar-refractivity contribution in [3.8, 4) is 6.01 Å². The third kappa shape index (κ3) is 5.05. The highest BCUT2D eigenvalue weighted by atomic mass is 79.9. The highest BCUT2D eigenvalue weighted by Crippen LogP contribution is 2.43. The molecule has 4 heterocycles. The van der Waals surface area contributed by atoms with Crippen molar-refractivity contribution in [2.24, 2.45) is 5.41 Å². The first kappa shape index (κ1) is 24.5. The second-order valence-corrected chi connectivity index (χ2v) is 12.1. The lowest BCUT2D eigenvalue weighted by atomic mass is 9.79. The summed E-state index contributed by atoms with van der Waals surface area (Å²) in [5.41, 5.74) is 0.127. The number of nitrogens with zero attached hydrogens (tertiary/aromatic N) is 5. The maximum atomic E-state index is 14.5. The molecule has 1 aromatic carbocycles. The highest BCUT2D eigenvalue weighted by molar-refractivity contribution is 9.10. The predicted octanol–water partition coefficient (Wildman–Crippen LogP) is 4.45. The van der Waals surface area contributed by atoms with Crippen LogP contribution >= 0.6 is 15.9 Å². The summed E-state index contributed by atoms with van der Waals surface area (Å²) in [5.74, 6) is 0.334. The van der Waals surface area contributed by atoms with E-state index in [-0.39, 0.29) is 17.3 Å². The van der Waals surface area contributed by atoms with Crippen LogP contribution in [0, 0.1) is 11.2 Å². The smallest absolute Gasteiger partial charge is 0.410 e. The number of hydrogen-bond donors (Lipinski definition) is 0. The van der Waals surface area contributed by atoms with Crippen LogP contribution in [-0.4, -0.2) is 83.9 Å². The summed E-state index contributed by atoms with van der Waals surface area (Å²) in [6, 6.07) is 3.84. The molecule has 1 amide bonds. The van der Waals surface area contributed by atoms with E-state index >= 15 is 0 Å². The number of carbonyl (C=O) groups excluding carboxylic acids is 1. The van der Waals surface area contributed by atoms with Crippen molar-refractivity contribution in [1.29, 1.82) is 0 Å². The largest absolute Gasteiger partial charge is 0.462 e. The average molecular weight is 550 g/mol. The number of amides is 1. The zero-order valence-electron chi connectivity index (χ0n) is 20.8. The van der Waals surface area contributed by atoms with E-state index in [1.165, 1.54) is 6.07 Å². The second-order valence-electron chi connectivity index (χ2n) is 11.2. The molecule has 1 aromatic heterocycles. The molecule has 3 aliphatic heterocycles. The number of hydrogen-bond acceptors (Lipinski definition) is 7. The van der Waals surface area contributed by atoms with Gasteiger partial charge in [0.1, 0.15) is 23.8 Å². The predicted molar refractivity (Wildman–Crippen MR) is 135 cm³/mol. The van der Waals surface area contributed by atoms with Crippen molar-refractivity contribution in [3.05, 3.63) is 22.4 Å². The van der Waals surface area contributed by atoms with Crippen LogP contribution in [0.1, 0.15) is 40.0 Å².